The molecule has 8 heteroatoms. The molecule has 0 aliphatic heterocycles. The maximum absolute atomic E-state index is 12.7. The van der Waals surface area contributed by atoms with E-state index in [9.17, 15) is 4.79 Å². The fourth-order valence-corrected chi connectivity index (χ4v) is 3.43. The lowest BCUT2D eigenvalue weighted by Crippen LogP contribution is -2.16. The smallest absolute Gasteiger partial charge is 0.229 e. The third-order valence-corrected chi connectivity index (χ3v) is 5.15. The van der Waals surface area contributed by atoms with Crippen LogP contribution >= 0.6 is 23.2 Å². The van der Waals surface area contributed by atoms with Gasteiger partial charge in [-0.15, -0.1) is 0 Å². The summed E-state index contributed by atoms with van der Waals surface area (Å²) in [7, 11) is 3.02. The fraction of sp³-hybridized carbons (Fsp3) is 0.238. The Balaban J connectivity index is 1.84. The highest BCUT2D eigenvalue weighted by Crippen LogP contribution is 2.36. The van der Waals surface area contributed by atoms with Crippen molar-refractivity contribution in [2.45, 2.75) is 20.3 Å². The van der Waals surface area contributed by atoms with Gasteiger partial charge < -0.3 is 14.8 Å². The normalized spacial score (nSPS) is 10.7. The highest BCUT2D eigenvalue weighted by Gasteiger charge is 2.18. The van der Waals surface area contributed by atoms with Crippen LogP contribution in [0, 0.1) is 13.8 Å². The molecule has 0 saturated carbocycles. The van der Waals surface area contributed by atoms with Gasteiger partial charge in [0.2, 0.25) is 5.91 Å². The predicted octanol–water partition coefficient (Wildman–Crippen LogP) is 4.99. The van der Waals surface area contributed by atoms with Crippen LogP contribution in [0.5, 0.6) is 11.5 Å². The number of benzene rings is 2. The third-order valence-electron chi connectivity index (χ3n) is 4.60. The van der Waals surface area contributed by atoms with E-state index < -0.39 is 0 Å². The van der Waals surface area contributed by atoms with E-state index in [0.717, 1.165) is 22.6 Å². The minimum atomic E-state index is -0.200. The Kier molecular flexibility index (Phi) is 6.35. The lowest BCUT2D eigenvalue weighted by Gasteiger charge is -2.13. The molecule has 152 valence electrons. The van der Waals surface area contributed by atoms with Crippen molar-refractivity contribution in [2.75, 3.05) is 19.5 Å². The summed E-state index contributed by atoms with van der Waals surface area (Å²) in [5.74, 6) is 0.703. The van der Waals surface area contributed by atoms with E-state index in [1.54, 1.807) is 28.9 Å². The van der Waals surface area contributed by atoms with Crippen LogP contribution in [0.4, 0.5) is 5.69 Å². The Bertz CT molecular complexity index is 1050. The summed E-state index contributed by atoms with van der Waals surface area (Å²) in [4.78, 5) is 12.7. The minimum Gasteiger partial charge on any atom is -0.495 e. The first-order valence-electron chi connectivity index (χ1n) is 8.86. The molecule has 0 atom stereocenters. The van der Waals surface area contributed by atoms with Gasteiger partial charge in [-0.05, 0) is 38.1 Å². The average molecular weight is 434 g/mol. The number of halogens is 2. The van der Waals surface area contributed by atoms with Crippen molar-refractivity contribution in [3.63, 3.8) is 0 Å². The number of amides is 1. The molecular formula is C21H21Cl2N3O3. The van der Waals surface area contributed by atoms with E-state index in [1.165, 1.54) is 14.2 Å². The molecule has 3 rings (SSSR count). The molecule has 1 amide bonds. The molecule has 0 bridgehead atoms. The van der Waals surface area contributed by atoms with Crippen LogP contribution in [0.25, 0.3) is 5.69 Å². The van der Waals surface area contributed by atoms with Crippen molar-refractivity contribution in [3.05, 3.63) is 63.4 Å². The molecule has 0 radical (unpaired) electrons. The summed E-state index contributed by atoms with van der Waals surface area (Å²) < 4.78 is 12.3. The molecule has 2 aromatic carbocycles. The van der Waals surface area contributed by atoms with Gasteiger partial charge >= 0.3 is 0 Å². The van der Waals surface area contributed by atoms with Gasteiger partial charge in [-0.1, -0.05) is 23.2 Å². The Morgan fingerprint density at radius 3 is 2.34 bits per heavy atom. The zero-order chi connectivity index (χ0) is 21.1. The Labute approximate surface area is 179 Å². The minimum absolute atomic E-state index is 0.166. The molecule has 29 heavy (non-hydrogen) atoms. The van der Waals surface area contributed by atoms with Gasteiger partial charge in [0.15, 0.2) is 0 Å². The van der Waals surface area contributed by atoms with Crippen molar-refractivity contribution in [1.82, 2.24) is 9.78 Å². The summed E-state index contributed by atoms with van der Waals surface area (Å²) in [6.45, 7) is 3.82. The molecule has 1 heterocycles. The molecule has 0 aliphatic carbocycles. The number of methoxy groups -OCH3 is 2. The zero-order valence-corrected chi connectivity index (χ0v) is 18.1. The topological polar surface area (TPSA) is 65.4 Å². The maximum atomic E-state index is 12.7. The second-order valence-corrected chi connectivity index (χ2v) is 7.29. The van der Waals surface area contributed by atoms with Gasteiger partial charge in [-0.25, -0.2) is 4.68 Å². The standard InChI is InChI=1S/C21H21Cl2N3O3/c1-12-16(13(2)26(25-12)15-7-5-14(22)6-8-15)9-21(27)24-18-11-19(28-3)17(23)10-20(18)29-4/h5-8,10-11H,9H2,1-4H3,(H,24,27). The summed E-state index contributed by atoms with van der Waals surface area (Å²) in [6.07, 6.45) is 0.166. The molecule has 0 aliphatic rings. The number of hydrogen-bond acceptors (Lipinski definition) is 4. The molecular weight excluding hydrogens is 413 g/mol. The van der Waals surface area contributed by atoms with E-state index in [4.69, 9.17) is 32.7 Å². The van der Waals surface area contributed by atoms with Crippen LogP contribution in [0.3, 0.4) is 0 Å². The summed E-state index contributed by atoms with van der Waals surface area (Å²) in [6, 6.07) is 10.6. The van der Waals surface area contributed by atoms with Gasteiger partial charge in [0.05, 0.1) is 42.7 Å². The van der Waals surface area contributed by atoms with Crippen molar-refractivity contribution in [2.24, 2.45) is 0 Å². The highest BCUT2D eigenvalue weighted by molar-refractivity contribution is 6.32. The number of aryl methyl sites for hydroxylation is 1. The van der Waals surface area contributed by atoms with E-state index in [2.05, 4.69) is 10.4 Å². The number of carbonyl (C=O) groups is 1. The molecule has 0 spiro atoms. The lowest BCUT2D eigenvalue weighted by molar-refractivity contribution is -0.115. The summed E-state index contributed by atoms with van der Waals surface area (Å²) in [5.41, 5.74) is 3.90. The average Bonchev–Trinajstić information content (AvgIpc) is 2.97. The van der Waals surface area contributed by atoms with Crippen LogP contribution in [-0.4, -0.2) is 29.9 Å². The second kappa shape index (κ2) is 8.76. The van der Waals surface area contributed by atoms with Crippen LogP contribution in [0.1, 0.15) is 17.0 Å². The van der Waals surface area contributed by atoms with Crippen molar-refractivity contribution in [1.29, 1.82) is 0 Å². The lowest BCUT2D eigenvalue weighted by atomic mass is 10.1. The number of rotatable bonds is 6. The maximum Gasteiger partial charge on any atom is 0.229 e. The van der Waals surface area contributed by atoms with Crippen LogP contribution in [-0.2, 0) is 11.2 Å². The summed E-state index contributed by atoms with van der Waals surface area (Å²) in [5, 5.41) is 8.50. The first-order valence-corrected chi connectivity index (χ1v) is 9.62. The number of carbonyl (C=O) groups excluding carboxylic acids is 1. The Morgan fingerprint density at radius 1 is 1.07 bits per heavy atom. The molecule has 6 nitrogen and oxygen atoms in total. The van der Waals surface area contributed by atoms with Gasteiger partial charge in [-0.3, -0.25) is 4.79 Å². The van der Waals surface area contributed by atoms with E-state index in [-0.39, 0.29) is 12.3 Å². The van der Waals surface area contributed by atoms with Crippen molar-refractivity contribution in [3.8, 4) is 17.2 Å². The SMILES string of the molecule is COc1cc(NC(=O)Cc2c(C)nn(-c3ccc(Cl)cc3)c2C)c(OC)cc1Cl. The van der Waals surface area contributed by atoms with E-state index >= 15 is 0 Å². The Hall–Kier alpha value is -2.70. The highest BCUT2D eigenvalue weighted by atomic mass is 35.5. The predicted molar refractivity (Wildman–Crippen MR) is 115 cm³/mol. The number of nitrogens with one attached hydrogen (secondary N) is 1. The van der Waals surface area contributed by atoms with Crippen LogP contribution in [0.2, 0.25) is 10.0 Å². The zero-order valence-electron chi connectivity index (χ0n) is 16.5. The van der Waals surface area contributed by atoms with E-state index in [1.807, 2.05) is 26.0 Å². The monoisotopic (exact) mass is 433 g/mol. The second-order valence-electron chi connectivity index (χ2n) is 6.45. The molecule has 0 unspecified atom stereocenters. The number of ether oxygens (including phenoxy) is 2. The van der Waals surface area contributed by atoms with Crippen molar-refractivity contribution >= 4 is 34.8 Å². The number of nitrogens with zero attached hydrogens (tertiary/aromatic N) is 2. The van der Waals surface area contributed by atoms with Crippen LogP contribution < -0.4 is 14.8 Å². The fourth-order valence-electron chi connectivity index (χ4n) is 3.08. The van der Waals surface area contributed by atoms with E-state index in [0.29, 0.717) is 27.2 Å². The number of aromatic nitrogens is 2. The Morgan fingerprint density at radius 2 is 1.72 bits per heavy atom. The van der Waals surface area contributed by atoms with Crippen LogP contribution in [0.15, 0.2) is 36.4 Å². The molecule has 1 aromatic heterocycles. The quantitative estimate of drug-likeness (QED) is 0.594. The first-order chi connectivity index (χ1) is 13.8. The molecule has 0 saturated heterocycles. The third kappa shape index (κ3) is 4.49. The first kappa shape index (κ1) is 21.0. The largest absolute Gasteiger partial charge is 0.495 e. The summed E-state index contributed by atoms with van der Waals surface area (Å²) >= 11 is 12.1. The van der Waals surface area contributed by atoms with Crippen molar-refractivity contribution < 1.29 is 14.3 Å². The van der Waals surface area contributed by atoms with Gasteiger partial charge in [-0.2, -0.15) is 5.10 Å². The van der Waals surface area contributed by atoms with Gasteiger partial charge in [0, 0.05) is 28.4 Å². The number of hydrogen-bond donors (Lipinski definition) is 1. The molecule has 0 fully saturated rings. The molecule has 1 N–H and O–H groups in total. The molecule has 3 aromatic rings. The van der Waals surface area contributed by atoms with Gasteiger partial charge in [0.1, 0.15) is 11.5 Å². The number of anilines is 1. The van der Waals surface area contributed by atoms with Gasteiger partial charge in [0.25, 0.3) is 0 Å².